The predicted octanol–water partition coefficient (Wildman–Crippen LogP) is 2.77. The van der Waals surface area contributed by atoms with E-state index in [1.807, 2.05) is 30.3 Å². The number of hydrogen-bond acceptors (Lipinski definition) is 9. The van der Waals surface area contributed by atoms with Gasteiger partial charge in [-0.1, -0.05) is 30.3 Å². The van der Waals surface area contributed by atoms with Crippen LogP contribution in [0.4, 0.5) is 5.95 Å². The number of anilines is 1. The number of aromatic nitrogens is 3. The molecule has 42 heavy (non-hydrogen) atoms. The van der Waals surface area contributed by atoms with Crippen molar-refractivity contribution in [3.63, 3.8) is 0 Å². The fourth-order valence-corrected chi connectivity index (χ4v) is 5.89. The van der Waals surface area contributed by atoms with Crippen molar-refractivity contribution in [2.45, 2.75) is 18.9 Å². The van der Waals surface area contributed by atoms with Gasteiger partial charge < -0.3 is 24.3 Å². The summed E-state index contributed by atoms with van der Waals surface area (Å²) >= 11 is 0. The number of fused-ring (bicyclic) bond motifs is 2. The second-order valence-corrected chi connectivity index (χ2v) is 10.9. The maximum atomic E-state index is 13.4. The van der Waals surface area contributed by atoms with Gasteiger partial charge in [-0.05, 0) is 32.0 Å². The molecule has 11 nitrogen and oxygen atoms in total. The standard InChI is InChI=1S/C31H30N6O5/c1-36-11-13-37(14-12-36)31-33-23-10-3-2-7-20(23)27(34-31)25-24(28(38)35-29(25)39)22-16-32-26-19(22)8-4-9-21(26)30(40)42-17-18-6-5-15-41-18/h2-4,7-10,16,18,32H,5-6,11-15,17H2,1H3,(H,35,38,39). The van der Waals surface area contributed by atoms with E-state index in [4.69, 9.17) is 19.4 Å². The van der Waals surface area contributed by atoms with Gasteiger partial charge in [0.2, 0.25) is 5.95 Å². The third-order valence-corrected chi connectivity index (χ3v) is 8.17. The van der Waals surface area contributed by atoms with E-state index in [2.05, 4.69) is 27.1 Å². The second kappa shape index (κ2) is 10.7. The summed E-state index contributed by atoms with van der Waals surface area (Å²) in [6.45, 7) is 4.09. The molecule has 214 valence electrons. The summed E-state index contributed by atoms with van der Waals surface area (Å²) < 4.78 is 11.1. The molecular formula is C31H30N6O5. The van der Waals surface area contributed by atoms with Gasteiger partial charge in [0.1, 0.15) is 6.61 Å². The minimum Gasteiger partial charge on any atom is -0.459 e. The van der Waals surface area contributed by atoms with Gasteiger partial charge in [0.15, 0.2) is 0 Å². The van der Waals surface area contributed by atoms with E-state index >= 15 is 0 Å². The van der Waals surface area contributed by atoms with E-state index in [1.165, 1.54) is 0 Å². The van der Waals surface area contributed by atoms with Crippen LogP contribution in [0.1, 0.15) is 34.5 Å². The zero-order chi connectivity index (χ0) is 28.8. The number of para-hydroxylation sites is 2. The zero-order valence-electron chi connectivity index (χ0n) is 23.2. The Labute approximate surface area is 241 Å². The van der Waals surface area contributed by atoms with Crippen LogP contribution in [0.3, 0.4) is 0 Å². The van der Waals surface area contributed by atoms with E-state index in [9.17, 15) is 14.4 Å². The average molecular weight is 567 g/mol. The molecule has 2 saturated heterocycles. The molecule has 5 heterocycles. The minimum absolute atomic E-state index is 0.0910. The summed E-state index contributed by atoms with van der Waals surface area (Å²) in [5, 5.41) is 3.77. The SMILES string of the molecule is CN1CCN(c2nc(C3=C(c4c[nH]c5c(C(=O)OCC6CCCO6)cccc45)C(=O)NC3=O)c3ccccc3n2)CC1. The highest BCUT2D eigenvalue weighted by Gasteiger charge is 2.36. The first kappa shape index (κ1) is 26.3. The van der Waals surface area contributed by atoms with E-state index in [0.29, 0.717) is 51.2 Å². The summed E-state index contributed by atoms with van der Waals surface area (Å²) in [4.78, 5) is 57.0. The lowest BCUT2D eigenvalue weighted by molar-refractivity contribution is -0.122. The van der Waals surface area contributed by atoms with Crippen LogP contribution in [0.25, 0.3) is 33.0 Å². The maximum Gasteiger partial charge on any atom is 0.340 e. The number of rotatable bonds is 6. The highest BCUT2D eigenvalue weighted by Crippen LogP contribution is 2.38. The molecule has 3 aliphatic heterocycles. The Morgan fingerprint density at radius 2 is 1.79 bits per heavy atom. The van der Waals surface area contributed by atoms with E-state index in [0.717, 1.165) is 39.0 Å². The Hall–Kier alpha value is -4.61. The molecule has 0 saturated carbocycles. The van der Waals surface area contributed by atoms with Crippen LogP contribution >= 0.6 is 0 Å². The molecule has 4 aromatic rings. The number of nitrogens with one attached hydrogen (secondary N) is 2. The van der Waals surface area contributed by atoms with Crippen molar-refractivity contribution >= 4 is 56.7 Å². The van der Waals surface area contributed by atoms with E-state index < -0.39 is 17.8 Å². The molecule has 1 unspecified atom stereocenters. The Morgan fingerprint density at radius 3 is 2.60 bits per heavy atom. The third-order valence-electron chi connectivity index (χ3n) is 8.17. The first-order valence-corrected chi connectivity index (χ1v) is 14.2. The number of H-pyrrole nitrogens is 1. The number of benzene rings is 2. The summed E-state index contributed by atoms with van der Waals surface area (Å²) in [6.07, 6.45) is 3.37. The van der Waals surface area contributed by atoms with Crippen molar-refractivity contribution in [2.75, 3.05) is 51.3 Å². The zero-order valence-corrected chi connectivity index (χ0v) is 23.2. The number of hydrogen-bond donors (Lipinski definition) is 2. The van der Waals surface area contributed by atoms with Crippen LogP contribution in [0.15, 0.2) is 48.7 Å². The third kappa shape index (κ3) is 4.60. The van der Waals surface area contributed by atoms with Gasteiger partial charge >= 0.3 is 5.97 Å². The van der Waals surface area contributed by atoms with Gasteiger partial charge in [-0.15, -0.1) is 0 Å². The van der Waals surface area contributed by atoms with Crippen molar-refractivity contribution in [1.82, 2.24) is 25.2 Å². The molecular weight excluding hydrogens is 536 g/mol. The largest absolute Gasteiger partial charge is 0.459 e. The molecule has 7 rings (SSSR count). The number of nitrogens with zero attached hydrogens (tertiary/aromatic N) is 4. The maximum absolute atomic E-state index is 13.4. The number of carbonyl (C=O) groups is 3. The van der Waals surface area contributed by atoms with Crippen LogP contribution in [0.2, 0.25) is 0 Å². The molecule has 2 aromatic heterocycles. The lowest BCUT2D eigenvalue weighted by Gasteiger charge is -2.32. The number of carbonyl (C=O) groups excluding carboxylic acids is 3. The Kier molecular flexibility index (Phi) is 6.67. The number of aromatic amines is 1. The summed E-state index contributed by atoms with van der Waals surface area (Å²) in [7, 11) is 2.08. The molecule has 11 heteroatoms. The first-order valence-electron chi connectivity index (χ1n) is 14.2. The smallest absolute Gasteiger partial charge is 0.340 e. The lowest BCUT2D eigenvalue weighted by atomic mass is 9.96. The van der Waals surface area contributed by atoms with Gasteiger partial charge in [0.25, 0.3) is 11.8 Å². The van der Waals surface area contributed by atoms with Crippen molar-refractivity contribution in [3.05, 3.63) is 65.5 Å². The quantitative estimate of drug-likeness (QED) is 0.267. The van der Waals surface area contributed by atoms with Gasteiger partial charge in [0.05, 0.1) is 39.5 Å². The van der Waals surface area contributed by atoms with Crippen molar-refractivity contribution < 1.29 is 23.9 Å². The van der Waals surface area contributed by atoms with Gasteiger partial charge in [-0.3, -0.25) is 14.9 Å². The Bertz CT molecular complexity index is 1760. The van der Waals surface area contributed by atoms with E-state index in [-0.39, 0.29) is 23.9 Å². The Morgan fingerprint density at radius 1 is 1.00 bits per heavy atom. The molecule has 1 atom stereocenters. The number of likely N-dealkylation sites (N-methyl/N-ethyl adjacent to an activating group) is 1. The highest BCUT2D eigenvalue weighted by atomic mass is 16.6. The van der Waals surface area contributed by atoms with Gasteiger partial charge in [-0.2, -0.15) is 0 Å². The topological polar surface area (TPSA) is 130 Å². The highest BCUT2D eigenvalue weighted by molar-refractivity contribution is 6.50. The van der Waals surface area contributed by atoms with Crippen LogP contribution in [-0.2, 0) is 19.1 Å². The molecule has 2 amide bonds. The summed E-state index contributed by atoms with van der Waals surface area (Å²) in [5.41, 5.74) is 2.83. The fourth-order valence-electron chi connectivity index (χ4n) is 5.89. The monoisotopic (exact) mass is 566 g/mol. The fraction of sp³-hybridized carbons (Fsp3) is 0.323. The molecule has 0 aliphatic carbocycles. The molecule has 3 aliphatic rings. The molecule has 0 radical (unpaired) electrons. The lowest BCUT2D eigenvalue weighted by Crippen LogP contribution is -2.45. The number of piperazine rings is 1. The van der Waals surface area contributed by atoms with Crippen LogP contribution in [0, 0.1) is 0 Å². The van der Waals surface area contributed by atoms with Gasteiger partial charge in [-0.25, -0.2) is 14.8 Å². The summed E-state index contributed by atoms with van der Waals surface area (Å²) in [6, 6.07) is 12.7. The second-order valence-electron chi connectivity index (χ2n) is 10.9. The molecule has 0 bridgehead atoms. The van der Waals surface area contributed by atoms with Crippen molar-refractivity contribution in [3.8, 4) is 0 Å². The average Bonchev–Trinajstić information content (AvgIpc) is 3.74. The van der Waals surface area contributed by atoms with Crippen molar-refractivity contribution in [2.24, 2.45) is 0 Å². The number of esters is 1. The minimum atomic E-state index is -0.523. The van der Waals surface area contributed by atoms with Crippen molar-refractivity contribution in [1.29, 1.82) is 0 Å². The van der Waals surface area contributed by atoms with Crippen LogP contribution in [0.5, 0.6) is 0 Å². The number of amides is 2. The number of ether oxygens (including phenoxy) is 2. The van der Waals surface area contributed by atoms with Crippen LogP contribution in [-0.4, -0.2) is 90.2 Å². The Balaban J connectivity index is 1.33. The summed E-state index contributed by atoms with van der Waals surface area (Å²) in [5.74, 6) is -1.01. The van der Waals surface area contributed by atoms with E-state index in [1.54, 1.807) is 18.3 Å². The van der Waals surface area contributed by atoms with Crippen LogP contribution < -0.4 is 10.2 Å². The first-order chi connectivity index (χ1) is 20.5. The molecule has 2 fully saturated rings. The number of imide groups is 1. The molecule has 2 N–H and O–H groups in total. The predicted molar refractivity (Wildman–Crippen MR) is 157 cm³/mol. The molecule has 0 spiro atoms. The van der Waals surface area contributed by atoms with Gasteiger partial charge in [0, 0.05) is 55.3 Å². The molecule has 2 aromatic carbocycles. The normalized spacial score (nSPS) is 19.7.